The van der Waals surface area contributed by atoms with Gasteiger partial charge < -0.3 is 10.3 Å². The summed E-state index contributed by atoms with van der Waals surface area (Å²) in [7, 11) is 0. The van der Waals surface area contributed by atoms with Crippen molar-refractivity contribution < 1.29 is 13.2 Å². The summed E-state index contributed by atoms with van der Waals surface area (Å²) in [6.45, 7) is 1.67. The van der Waals surface area contributed by atoms with Crippen LogP contribution in [0.1, 0.15) is 84.7 Å². The van der Waals surface area contributed by atoms with E-state index in [-0.39, 0.29) is 23.3 Å². The van der Waals surface area contributed by atoms with Gasteiger partial charge in [-0.2, -0.15) is 23.5 Å². The van der Waals surface area contributed by atoms with Crippen molar-refractivity contribution in [1.82, 2.24) is 24.7 Å². The molecule has 0 aromatic carbocycles. The minimum absolute atomic E-state index is 0.0197. The maximum absolute atomic E-state index is 12.9. The van der Waals surface area contributed by atoms with Crippen LogP contribution >= 0.6 is 0 Å². The second-order valence-corrected chi connectivity index (χ2v) is 9.28. The topological polar surface area (TPSA) is 136 Å². The standard InChI is InChI=1S/C24H23F3N8O/c1-12(14-4-7-19(30-9-14)24(25,26)27)32-22-20(17(29)8-28)23(36)34-21(33-22)16-5-6-18(16)35-11-15(10-31-35)13-2-3-13/h4,7,9-13,16,18,29H,2-3,5-6H2,1H3,(H2,32,33,34,36)/t12-,16?,18?/m0/s1. The fourth-order valence-electron chi connectivity index (χ4n) is 4.46. The van der Waals surface area contributed by atoms with Crippen LogP contribution in [-0.4, -0.2) is 30.4 Å². The molecule has 3 aromatic heterocycles. The van der Waals surface area contributed by atoms with Gasteiger partial charge in [0.2, 0.25) is 0 Å². The number of hydrogen-bond donors (Lipinski definition) is 3. The maximum atomic E-state index is 12.9. The molecular formula is C24H23F3N8O. The molecule has 2 aliphatic rings. The van der Waals surface area contributed by atoms with Gasteiger partial charge in [-0.1, -0.05) is 6.07 Å². The van der Waals surface area contributed by atoms with Crippen molar-refractivity contribution in [2.24, 2.45) is 0 Å². The quantitative estimate of drug-likeness (QED) is 0.414. The molecule has 3 N–H and O–H groups in total. The molecule has 2 unspecified atom stereocenters. The van der Waals surface area contributed by atoms with Crippen LogP contribution < -0.4 is 10.9 Å². The fraction of sp³-hybridized carbons (Fsp3) is 0.417. The summed E-state index contributed by atoms with van der Waals surface area (Å²) in [5.41, 5.74) is -0.799. The molecule has 3 aromatic rings. The third-order valence-corrected chi connectivity index (χ3v) is 6.83. The number of anilines is 1. The van der Waals surface area contributed by atoms with Gasteiger partial charge in [-0.25, -0.2) is 4.98 Å². The number of aromatic nitrogens is 5. The monoisotopic (exact) mass is 496 g/mol. The van der Waals surface area contributed by atoms with Gasteiger partial charge in [0.15, 0.2) is 0 Å². The molecule has 186 valence electrons. The highest BCUT2D eigenvalue weighted by molar-refractivity contribution is 6.12. The van der Waals surface area contributed by atoms with Crippen molar-refractivity contribution in [2.45, 2.75) is 62.7 Å². The van der Waals surface area contributed by atoms with E-state index in [1.807, 2.05) is 17.1 Å². The van der Waals surface area contributed by atoms with E-state index in [1.165, 1.54) is 24.5 Å². The van der Waals surface area contributed by atoms with Gasteiger partial charge in [-0.3, -0.25) is 19.9 Å². The number of nitrogens with zero attached hydrogens (tertiary/aromatic N) is 5. The lowest BCUT2D eigenvalue weighted by Crippen LogP contribution is -2.32. The number of hydrogen-bond acceptors (Lipinski definition) is 7. The highest BCUT2D eigenvalue weighted by Crippen LogP contribution is 2.46. The van der Waals surface area contributed by atoms with Crippen molar-refractivity contribution in [2.75, 3.05) is 5.32 Å². The lowest BCUT2D eigenvalue weighted by Gasteiger charge is -2.36. The average molecular weight is 496 g/mol. The zero-order valence-corrected chi connectivity index (χ0v) is 19.3. The summed E-state index contributed by atoms with van der Waals surface area (Å²) in [5, 5.41) is 24.7. The number of halogens is 3. The van der Waals surface area contributed by atoms with E-state index in [4.69, 9.17) is 5.41 Å². The lowest BCUT2D eigenvalue weighted by atomic mass is 9.79. The predicted molar refractivity (Wildman–Crippen MR) is 124 cm³/mol. The molecular weight excluding hydrogens is 473 g/mol. The molecule has 0 radical (unpaired) electrons. The van der Waals surface area contributed by atoms with Gasteiger partial charge in [0, 0.05) is 18.3 Å². The minimum Gasteiger partial charge on any atom is -0.363 e. The summed E-state index contributed by atoms with van der Waals surface area (Å²) in [5.74, 6) is 0.897. The third kappa shape index (κ3) is 4.48. The van der Waals surface area contributed by atoms with Crippen LogP contribution in [0.3, 0.4) is 0 Å². The molecule has 0 aliphatic heterocycles. The van der Waals surface area contributed by atoms with E-state index in [9.17, 15) is 23.2 Å². The Morgan fingerprint density at radius 3 is 2.64 bits per heavy atom. The number of nitriles is 1. The van der Waals surface area contributed by atoms with E-state index in [2.05, 4.69) is 25.4 Å². The van der Waals surface area contributed by atoms with Gasteiger partial charge in [0.05, 0.1) is 18.3 Å². The van der Waals surface area contributed by atoms with Crippen molar-refractivity contribution in [3.05, 3.63) is 69.3 Å². The second kappa shape index (κ2) is 8.89. The summed E-state index contributed by atoms with van der Waals surface area (Å²) < 4.78 is 40.5. The Morgan fingerprint density at radius 2 is 2.06 bits per heavy atom. The van der Waals surface area contributed by atoms with E-state index in [1.54, 1.807) is 13.0 Å². The Hall–Kier alpha value is -4.01. The van der Waals surface area contributed by atoms with Crippen molar-refractivity contribution in [1.29, 1.82) is 10.7 Å². The number of aromatic amines is 1. The largest absolute Gasteiger partial charge is 0.433 e. The molecule has 2 aliphatic carbocycles. The van der Waals surface area contributed by atoms with Crippen LogP contribution in [0.5, 0.6) is 0 Å². The predicted octanol–water partition coefficient (Wildman–Crippen LogP) is 4.44. The Bertz CT molecular complexity index is 1400. The summed E-state index contributed by atoms with van der Waals surface area (Å²) in [4.78, 5) is 23.7. The molecule has 3 heterocycles. The minimum atomic E-state index is -4.55. The van der Waals surface area contributed by atoms with E-state index in [0.29, 0.717) is 17.3 Å². The van der Waals surface area contributed by atoms with Gasteiger partial charge in [0.25, 0.3) is 5.56 Å². The smallest absolute Gasteiger partial charge is 0.363 e. The van der Waals surface area contributed by atoms with Gasteiger partial charge in [0.1, 0.15) is 34.7 Å². The first kappa shape index (κ1) is 23.7. The van der Waals surface area contributed by atoms with E-state index >= 15 is 0 Å². The van der Waals surface area contributed by atoms with Crippen LogP contribution in [0.25, 0.3) is 0 Å². The zero-order valence-electron chi connectivity index (χ0n) is 19.3. The molecule has 0 spiro atoms. The average Bonchev–Trinajstić information content (AvgIpc) is 3.55. The second-order valence-electron chi connectivity index (χ2n) is 9.28. The van der Waals surface area contributed by atoms with E-state index < -0.39 is 29.2 Å². The molecule has 0 saturated heterocycles. The van der Waals surface area contributed by atoms with Crippen LogP contribution in [-0.2, 0) is 6.18 Å². The molecule has 3 atom stereocenters. The Labute approximate surface area is 203 Å². The fourth-order valence-corrected chi connectivity index (χ4v) is 4.46. The number of rotatable bonds is 7. The number of alkyl halides is 3. The van der Waals surface area contributed by atoms with Gasteiger partial charge >= 0.3 is 6.18 Å². The molecule has 0 bridgehead atoms. The molecule has 0 amide bonds. The Balaban J connectivity index is 1.43. The SMILES string of the molecule is C[C@H](Nc1nc(C2CCC2n2cc(C3CC3)cn2)[nH]c(=O)c1C(=N)C#N)c1ccc(C(F)(F)F)nc1. The molecule has 5 rings (SSSR count). The number of pyridine rings is 1. The first-order valence-corrected chi connectivity index (χ1v) is 11.6. The van der Waals surface area contributed by atoms with Crippen LogP contribution in [0.4, 0.5) is 19.0 Å². The Morgan fingerprint density at radius 1 is 1.28 bits per heavy atom. The molecule has 36 heavy (non-hydrogen) atoms. The summed E-state index contributed by atoms with van der Waals surface area (Å²) >= 11 is 0. The summed E-state index contributed by atoms with van der Waals surface area (Å²) in [6.07, 6.45) is 4.46. The maximum Gasteiger partial charge on any atom is 0.433 e. The Kier molecular flexibility index (Phi) is 5.86. The normalized spacial score (nSPS) is 20.3. The highest BCUT2D eigenvalue weighted by atomic mass is 19.4. The number of H-pyrrole nitrogens is 1. The zero-order chi connectivity index (χ0) is 25.6. The molecule has 12 heteroatoms. The van der Waals surface area contributed by atoms with Crippen molar-refractivity contribution >= 4 is 11.5 Å². The van der Waals surface area contributed by atoms with Gasteiger partial charge in [-0.15, -0.1) is 0 Å². The lowest BCUT2D eigenvalue weighted by molar-refractivity contribution is -0.141. The van der Waals surface area contributed by atoms with Crippen molar-refractivity contribution in [3.63, 3.8) is 0 Å². The molecule has 2 saturated carbocycles. The molecule has 2 fully saturated rings. The summed E-state index contributed by atoms with van der Waals surface area (Å²) in [6, 6.07) is 3.24. The highest BCUT2D eigenvalue weighted by Gasteiger charge is 2.38. The van der Waals surface area contributed by atoms with Gasteiger partial charge in [-0.05, 0) is 55.7 Å². The van der Waals surface area contributed by atoms with Crippen LogP contribution in [0.2, 0.25) is 0 Å². The van der Waals surface area contributed by atoms with Crippen LogP contribution in [0.15, 0.2) is 35.5 Å². The van der Waals surface area contributed by atoms with E-state index in [0.717, 1.165) is 25.1 Å². The first-order valence-electron chi connectivity index (χ1n) is 11.6. The molecule has 9 nitrogen and oxygen atoms in total. The third-order valence-electron chi connectivity index (χ3n) is 6.83. The van der Waals surface area contributed by atoms with Crippen molar-refractivity contribution in [3.8, 4) is 6.07 Å². The number of nitrogens with one attached hydrogen (secondary N) is 3. The van der Waals surface area contributed by atoms with Crippen LogP contribution in [0, 0.1) is 16.7 Å². The first-order chi connectivity index (χ1) is 17.2.